The summed E-state index contributed by atoms with van der Waals surface area (Å²) >= 11 is 6.90. The molecule has 0 unspecified atom stereocenters. The van der Waals surface area contributed by atoms with Crippen LogP contribution in [0.3, 0.4) is 0 Å². The molecular weight excluding hydrogens is 792 g/mol. The van der Waals surface area contributed by atoms with Gasteiger partial charge in [0, 0.05) is 30.8 Å². The molecule has 0 spiro atoms. The van der Waals surface area contributed by atoms with Crippen LogP contribution in [-0.4, -0.2) is 31.2 Å². The Labute approximate surface area is 328 Å². The Morgan fingerprint density at radius 2 is 1.00 bits per heavy atom. The van der Waals surface area contributed by atoms with Crippen molar-refractivity contribution in [2.75, 3.05) is 0 Å². The van der Waals surface area contributed by atoms with Gasteiger partial charge in [0.05, 0.1) is 34.3 Å². The van der Waals surface area contributed by atoms with Crippen molar-refractivity contribution >= 4 is 53.4 Å². The van der Waals surface area contributed by atoms with Crippen molar-refractivity contribution in [3.63, 3.8) is 0 Å². The molecule has 4 fully saturated rings. The second kappa shape index (κ2) is 16.6. The van der Waals surface area contributed by atoms with Gasteiger partial charge in [0.15, 0.2) is 0 Å². The van der Waals surface area contributed by atoms with E-state index in [0.717, 1.165) is 47.6 Å². The van der Waals surface area contributed by atoms with E-state index in [0.29, 0.717) is 29.1 Å². The lowest BCUT2D eigenvalue weighted by Gasteiger charge is -2.20. The van der Waals surface area contributed by atoms with E-state index in [9.17, 15) is 14.7 Å². The van der Waals surface area contributed by atoms with Crippen LogP contribution in [0.5, 0.6) is 0 Å². The van der Waals surface area contributed by atoms with Crippen LogP contribution in [0.4, 0.5) is 0 Å². The number of aliphatic hydroxyl groups is 1. The van der Waals surface area contributed by atoms with Gasteiger partial charge in [0.2, 0.25) is 0 Å². The number of nitrogens with zero attached hydrogens (tertiary/aromatic N) is 3. The molecule has 0 amide bonds. The van der Waals surface area contributed by atoms with Crippen molar-refractivity contribution < 1.29 is 5.11 Å². The molecule has 6 aromatic rings. The summed E-state index contributed by atoms with van der Waals surface area (Å²) in [6.07, 6.45) is 10.2. The molecule has 53 heavy (non-hydrogen) atoms. The third-order valence-electron chi connectivity index (χ3n) is 10.5. The number of rotatable bonds is 7. The predicted molar refractivity (Wildman–Crippen MR) is 224 cm³/mol. The van der Waals surface area contributed by atoms with Crippen molar-refractivity contribution in [1.82, 2.24) is 20.0 Å². The zero-order chi connectivity index (χ0) is 35.1. The van der Waals surface area contributed by atoms with Gasteiger partial charge in [-0.2, -0.15) is 10.2 Å². The molecule has 9 heteroatoms. The standard InChI is InChI=1S/C21H19BrN2O.C14H9BrN2O.C7H12O.2CH4/c22-16-11-9-13(10-12-16)19-17-3-1-2-4-18(17)21(25)24(23-19)20(14-5-6-14)15-7-8-15;15-10-7-5-9(6-8-10)13-11-3-1-2-4-12(11)14(18)17-16-13;8-7(5-1-2-5)6-3-4-6;;/h1-4,9-12,14-15,20H,5-8H2;1-8H,(H,17,18);5-8H,1-4H2;2*1H4. The van der Waals surface area contributed by atoms with E-state index in [4.69, 9.17) is 5.10 Å². The molecule has 2 heterocycles. The minimum atomic E-state index is -0.161. The average molecular weight is 841 g/mol. The van der Waals surface area contributed by atoms with Crippen molar-refractivity contribution in [2.24, 2.45) is 23.7 Å². The number of aromatic amines is 1. The van der Waals surface area contributed by atoms with Gasteiger partial charge in [0.1, 0.15) is 0 Å². The SMILES string of the molecule is C.C.O=c1[nH]nc(-c2ccc(Br)cc2)c2ccccc12.O=c1c2ccccc2c(-c2ccc(Br)cc2)nn1C(C1CC1)C1CC1.OC(C1CC1)C1CC1. The fourth-order valence-electron chi connectivity index (χ4n) is 7.09. The number of hydrogen-bond donors (Lipinski definition) is 2. The van der Waals surface area contributed by atoms with Crippen LogP contribution < -0.4 is 11.1 Å². The van der Waals surface area contributed by atoms with Crippen LogP contribution in [0.1, 0.15) is 72.3 Å². The molecule has 4 aliphatic carbocycles. The topological polar surface area (TPSA) is 101 Å². The number of aromatic nitrogens is 4. The lowest BCUT2D eigenvalue weighted by Crippen LogP contribution is -2.30. The van der Waals surface area contributed by atoms with E-state index < -0.39 is 0 Å². The Bertz CT molecular complexity index is 2260. The summed E-state index contributed by atoms with van der Waals surface area (Å²) in [6.45, 7) is 0. The Kier molecular flexibility index (Phi) is 12.2. The van der Waals surface area contributed by atoms with Gasteiger partial charge in [-0.1, -0.05) is 107 Å². The third-order valence-corrected chi connectivity index (χ3v) is 11.5. The van der Waals surface area contributed by atoms with Crippen LogP contribution in [-0.2, 0) is 0 Å². The van der Waals surface area contributed by atoms with E-state index in [2.05, 4.69) is 54.2 Å². The molecular formula is C44H48Br2N4O3. The second-order valence-electron chi connectivity index (χ2n) is 14.4. The second-order valence-corrected chi connectivity index (χ2v) is 16.3. The first-order valence-electron chi connectivity index (χ1n) is 18.0. The summed E-state index contributed by atoms with van der Waals surface area (Å²) < 4.78 is 3.89. The van der Waals surface area contributed by atoms with E-state index in [1.807, 2.05) is 83.5 Å². The summed E-state index contributed by atoms with van der Waals surface area (Å²) in [4.78, 5) is 24.9. The first-order chi connectivity index (χ1) is 24.9. The summed E-state index contributed by atoms with van der Waals surface area (Å²) in [6, 6.07) is 31.7. The van der Waals surface area contributed by atoms with Crippen LogP contribution in [0, 0.1) is 23.7 Å². The molecule has 0 radical (unpaired) electrons. The normalized spacial score (nSPS) is 16.2. The molecule has 2 N–H and O–H groups in total. The number of halogens is 2. The number of hydrogen-bond acceptors (Lipinski definition) is 5. The molecule has 0 aliphatic heterocycles. The molecule has 276 valence electrons. The minimum absolute atomic E-state index is 0. The number of benzene rings is 4. The molecule has 10 rings (SSSR count). The van der Waals surface area contributed by atoms with Gasteiger partial charge in [0.25, 0.3) is 11.1 Å². The van der Waals surface area contributed by atoms with Gasteiger partial charge in [-0.05, 0) is 111 Å². The van der Waals surface area contributed by atoms with Crippen molar-refractivity contribution in [1.29, 1.82) is 0 Å². The van der Waals surface area contributed by atoms with E-state index in [-0.39, 0.29) is 38.1 Å². The van der Waals surface area contributed by atoms with E-state index in [1.54, 1.807) is 6.07 Å². The monoisotopic (exact) mass is 838 g/mol. The minimum Gasteiger partial charge on any atom is -0.393 e. The van der Waals surface area contributed by atoms with Crippen molar-refractivity contribution in [2.45, 2.75) is 78.4 Å². The largest absolute Gasteiger partial charge is 0.393 e. The van der Waals surface area contributed by atoms with Crippen molar-refractivity contribution in [3.8, 4) is 22.5 Å². The van der Waals surface area contributed by atoms with Crippen molar-refractivity contribution in [3.05, 3.63) is 127 Å². The highest BCUT2D eigenvalue weighted by Crippen LogP contribution is 2.51. The summed E-state index contributed by atoms with van der Waals surface area (Å²) in [5.74, 6) is 2.69. The van der Waals surface area contributed by atoms with Gasteiger partial charge in [-0.25, -0.2) is 9.78 Å². The molecule has 4 aliphatic rings. The van der Waals surface area contributed by atoms with Crippen LogP contribution in [0.25, 0.3) is 44.1 Å². The molecule has 7 nitrogen and oxygen atoms in total. The van der Waals surface area contributed by atoms with Gasteiger partial charge in [-0.3, -0.25) is 9.59 Å². The highest BCUT2D eigenvalue weighted by Gasteiger charge is 2.44. The quantitative estimate of drug-likeness (QED) is 0.167. The Morgan fingerprint density at radius 1 is 0.585 bits per heavy atom. The first-order valence-corrected chi connectivity index (χ1v) is 19.6. The maximum Gasteiger partial charge on any atom is 0.274 e. The van der Waals surface area contributed by atoms with Gasteiger partial charge < -0.3 is 5.11 Å². The maximum absolute atomic E-state index is 13.2. The third kappa shape index (κ3) is 8.90. The molecule has 2 aromatic heterocycles. The lowest BCUT2D eigenvalue weighted by molar-refractivity contribution is 0.128. The fourth-order valence-corrected chi connectivity index (χ4v) is 7.62. The predicted octanol–water partition coefficient (Wildman–Crippen LogP) is 11.0. The van der Waals surface area contributed by atoms with Gasteiger partial charge in [-0.15, -0.1) is 0 Å². The molecule has 4 aromatic carbocycles. The zero-order valence-corrected chi connectivity index (χ0v) is 31.4. The van der Waals surface area contributed by atoms with Crippen LogP contribution >= 0.6 is 31.9 Å². The fraction of sp³-hybridized carbons (Fsp3) is 0.364. The number of aliphatic hydroxyl groups excluding tert-OH is 1. The Morgan fingerprint density at radius 3 is 1.47 bits per heavy atom. The molecule has 0 atom stereocenters. The first kappa shape index (κ1) is 38.8. The average Bonchev–Trinajstić information content (AvgIpc) is 3.94. The number of H-pyrrole nitrogens is 1. The number of fused-ring (bicyclic) bond motifs is 2. The highest BCUT2D eigenvalue weighted by atomic mass is 79.9. The summed E-state index contributed by atoms with van der Waals surface area (Å²) in [5, 5.41) is 24.2. The summed E-state index contributed by atoms with van der Waals surface area (Å²) in [5.41, 5.74) is 3.64. The molecule has 0 bridgehead atoms. The molecule has 0 saturated heterocycles. The van der Waals surface area contributed by atoms with Crippen LogP contribution in [0.15, 0.2) is 116 Å². The smallest absolute Gasteiger partial charge is 0.274 e. The lowest BCUT2D eigenvalue weighted by atomic mass is 10.0. The number of nitrogens with one attached hydrogen (secondary N) is 1. The van der Waals surface area contributed by atoms with Gasteiger partial charge >= 0.3 is 0 Å². The van der Waals surface area contributed by atoms with E-state index in [1.165, 1.54) is 51.4 Å². The Balaban J connectivity index is 0.000000150. The zero-order valence-electron chi connectivity index (χ0n) is 28.2. The Hall–Kier alpha value is -3.92. The maximum atomic E-state index is 13.2. The van der Waals surface area contributed by atoms with Crippen LogP contribution in [0.2, 0.25) is 0 Å². The molecule has 4 saturated carbocycles. The summed E-state index contributed by atoms with van der Waals surface area (Å²) in [7, 11) is 0. The van der Waals surface area contributed by atoms with E-state index >= 15 is 0 Å². The highest BCUT2D eigenvalue weighted by molar-refractivity contribution is 9.10.